The molecule has 0 saturated carbocycles. The van der Waals surface area contributed by atoms with Crippen LogP contribution in [0.3, 0.4) is 0 Å². The summed E-state index contributed by atoms with van der Waals surface area (Å²) in [5.74, 6) is -0.216. The Kier molecular flexibility index (Phi) is 6.16. The minimum atomic E-state index is -0.395. The minimum Gasteiger partial charge on any atom is -0.358 e. The summed E-state index contributed by atoms with van der Waals surface area (Å²) in [7, 11) is 1.57. The van der Waals surface area contributed by atoms with Crippen LogP contribution < -0.4 is 16.0 Å². The third-order valence-corrected chi connectivity index (χ3v) is 2.88. The third-order valence-electron chi connectivity index (χ3n) is 2.88. The van der Waals surface area contributed by atoms with Crippen LogP contribution in [0, 0.1) is 0 Å². The van der Waals surface area contributed by atoms with Gasteiger partial charge in [-0.15, -0.1) is 0 Å². The molecule has 0 spiro atoms. The number of likely N-dealkylation sites (N-methyl/N-ethyl adjacent to an activating group) is 1. The predicted molar refractivity (Wildman–Crippen MR) is 68.6 cm³/mol. The molecule has 5 heteroatoms. The summed E-state index contributed by atoms with van der Waals surface area (Å²) < 4.78 is 0. The topological polar surface area (TPSA) is 70.2 Å². The summed E-state index contributed by atoms with van der Waals surface area (Å²) in [6.07, 6.45) is 0.858. The van der Waals surface area contributed by atoms with Crippen LogP contribution in [0.25, 0.3) is 0 Å². The maximum Gasteiger partial charge on any atom is 0.237 e. The lowest BCUT2D eigenvalue weighted by Gasteiger charge is -2.27. The number of carbonyl (C=O) groups excluding carboxylic acids is 2. The van der Waals surface area contributed by atoms with Gasteiger partial charge in [0.05, 0.1) is 12.1 Å². The Balaban J connectivity index is 4.28. The van der Waals surface area contributed by atoms with E-state index in [1.165, 1.54) is 0 Å². The Bertz CT molecular complexity index is 277. The van der Waals surface area contributed by atoms with Gasteiger partial charge in [-0.2, -0.15) is 0 Å². The van der Waals surface area contributed by atoms with Gasteiger partial charge in [0, 0.05) is 12.6 Å². The third kappa shape index (κ3) is 5.68. The van der Waals surface area contributed by atoms with Crippen molar-refractivity contribution < 1.29 is 9.59 Å². The normalized spacial score (nSPS) is 14.9. The average Bonchev–Trinajstić information content (AvgIpc) is 2.27. The number of hydrogen-bond donors (Lipinski definition) is 3. The molecule has 0 aromatic heterocycles. The Morgan fingerprint density at radius 2 is 1.59 bits per heavy atom. The minimum absolute atomic E-state index is 0.0902. The highest BCUT2D eigenvalue weighted by Crippen LogP contribution is 2.07. The number of carbonyl (C=O) groups is 2. The van der Waals surface area contributed by atoms with Crippen molar-refractivity contribution in [1.82, 2.24) is 16.0 Å². The molecule has 0 aromatic rings. The Labute approximate surface area is 104 Å². The molecule has 5 nitrogen and oxygen atoms in total. The highest BCUT2D eigenvalue weighted by Gasteiger charge is 2.23. The van der Waals surface area contributed by atoms with E-state index in [9.17, 15) is 9.59 Å². The van der Waals surface area contributed by atoms with Gasteiger partial charge >= 0.3 is 0 Å². The molecule has 0 bridgehead atoms. The van der Waals surface area contributed by atoms with Crippen LogP contribution in [-0.2, 0) is 9.59 Å². The van der Waals surface area contributed by atoms with Gasteiger partial charge in [-0.25, -0.2) is 0 Å². The molecule has 2 amide bonds. The molecule has 17 heavy (non-hydrogen) atoms. The van der Waals surface area contributed by atoms with Crippen LogP contribution in [0.1, 0.15) is 41.0 Å². The first kappa shape index (κ1) is 15.9. The van der Waals surface area contributed by atoms with E-state index < -0.39 is 6.04 Å². The van der Waals surface area contributed by atoms with Crippen molar-refractivity contribution in [2.45, 2.75) is 58.7 Å². The largest absolute Gasteiger partial charge is 0.358 e. The first-order valence-corrected chi connectivity index (χ1v) is 6.03. The fraction of sp³-hybridized carbons (Fsp3) is 0.833. The first-order chi connectivity index (χ1) is 7.73. The molecular weight excluding hydrogens is 218 g/mol. The summed E-state index contributed by atoms with van der Waals surface area (Å²) in [6, 6.07) is -0.779. The standard InChI is InChI=1S/C12H25N3O2/c1-7-12(4,5)15-11(17)9(3)14-8(2)10(16)13-6/h8-9,14H,7H2,1-6H3,(H,13,16)(H,15,17). The maximum absolute atomic E-state index is 11.9. The van der Waals surface area contributed by atoms with Gasteiger partial charge in [-0.1, -0.05) is 6.92 Å². The molecule has 0 radical (unpaired) electrons. The molecule has 0 aliphatic carbocycles. The smallest absolute Gasteiger partial charge is 0.237 e. The van der Waals surface area contributed by atoms with E-state index in [0.717, 1.165) is 6.42 Å². The summed E-state index contributed by atoms with van der Waals surface area (Å²) in [5.41, 5.74) is -0.219. The molecule has 0 aromatic carbocycles. The van der Waals surface area contributed by atoms with Crippen LogP contribution in [0.4, 0.5) is 0 Å². The van der Waals surface area contributed by atoms with E-state index in [1.54, 1.807) is 20.9 Å². The molecule has 0 aliphatic rings. The van der Waals surface area contributed by atoms with Gasteiger partial charge in [0.25, 0.3) is 0 Å². The van der Waals surface area contributed by atoms with E-state index in [-0.39, 0.29) is 23.4 Å². The molecule has 0 heterocycles. The van der Waals surface area contributed by atoms with Crippen molar-refractivity contribution in [1.29, 1.82) is 0 Å². The first-order valence-electron chi connectivity index (χ1n) is 6.03. The second-order valence-corrected chi connectivity index (χ2v) is 4.95. The summed E-state index contributed by atoms with van der Waals surface area (Å²) in [5, 5.41) is 8.42. The quantitative estimate of drug-likeness (QED) is 0.632. The van der Waals surface area contributed by atoms with Crippen molar-refractivity contribution in [3.05, 3.63) is 0 Å². The second kappa shape index (κ2) is 6.59. The lowest BCUT2D eigenvalue weighted by molar-refractivity contribution is -0.125. The van der Waals surface area contributed by atoms with E-state index in [4.69, 9.17) is 0 Å². The zero-order chi connectivity index (χ0) is 13.6. The highest BCUT2D eigenvalue weighted by atomic mass is 16.2. The monoisotopic (exact) mass is 243 g/mol. The van der Waals surface area contributed by atoms with E-state index >= 15 is 0 Å². The summed E-state index contributed by atoms with van der Waals surface area (Å²) in [6.45, 7) is 9.44. The van der Waals surface area contributed by atoms with Crippen LogP contribution in [0.15, 0.2) is 0 Å². The Hall–Kier alpha value is -1.10. The van der Waals surface area contributed by atoms with Crippen molar-refractivity contribution in [2.24, 2.45) is 0 Å². The Morgan fingerprint density at radius 3 is 2.00 bits per heavy atom. The van der Waals surface area contributed by atoms with Gasteiger partial charge in [0.1, 0.15) is 0 Å². The zero-order valence-electron chi connectivity index (χ0n) is 11.7. The van der Waals surface area contributed by atoms with Gasteiger partial charge in [0.15, 0.2) is 0 Å². The lowest BCUT2D eigenvalue weighted by atomic mass is 10.0. The molecule has 0 aliphatic heterocycles. The van der Waals surface area contributed by atoms with Crippen LogP contribution in [0.2, 0.25) is 0 Å². The SMILES string of the molecule is CCC(C)(C)NC(=O)C(C)NC(C)C(=O)NC. The lowest BCUT2D eigenvalue weighted by Crippen LogP contribution is -2.54. The Morgan fingerprint density at radius 1 is 1.12 bits per heavy atom. The summed E-state index contributed by atoms with van der Waals surface area (Å²) >= 11 is 0. The molecule has 100 valence electrons. The molecule has 0 saturated heterocycles. The van der Waals surface area contributed by atoms with Crippen molar-refractivity contribution in [3.63, 3.8) is 0 Å². The van der Waals surface area contributed by atoms with Gasteiger partial charge in [0.2, 0.25) is 11.8 Å². The predicted octanol–water partition coefficient (Wildman–Crippen LogP) is 0.404. The van der Waals surface area contributed by atoms with Crippen LogP contribution in [0.5, 0.6) is 0 Å². The van der Waals surface area contributed by atoms with Gasteiger partial charge < -0.3 is 10.6 Å². The molecule has 2 atom stereocenters. The van der Waals surface area contributed by atoms with E-state index in [1.807, 2.05) is 20.8 Å². The second-order valence-electron chi connectivity index (χ2n) is 4.95. The van der Waals surface area contributed by atoms with Crippen molar-refractivity contribution >= 4 is 11.8 Å². The molecule has 2 unspecified atom stereocenters. The van der Waals surface area contributed by atoms with Crippen LogP contribution in [-0.4, -0.2) is 36.5 Å². The number of rotatable bonds is 6. The fourth-order valence-electron chi connectivity index (χ4n) is 1.27. The van der Waals surface area contributed by atoms with Gasteiger partial charge in [-0.05, 0) is 34.1 Å². The van der Waals surface area contributed by atoms with E-state index in [0.29, 0.717) is 0 Å². The van der Waals surface area contributed by atoms with Gasteiger partial charge in [-0.3, -0.25) is 14.9 Å². The number of hydrogen-bond acceptors (Lipinski definition) is 3. The van der Waals surface area contributed by atoms with E-state index in [2.05, 4.69) is 16.0 Å². The molecular formula is C12H25N3O2. The molecule has 0 fully saturated rings. The molecule has 3 N–H and O–H groups in total. The van der Waals surface area contributed by atoms with Crippen molar-refractivity contribution in [2.75, 3.05) is 7.05 Å². The number of amides is 2. The number of nitrogens with one attached hydrogen (secondary N) is 3. The van der Waals surface area contributed by atoms with Crippen molar-refractivity contribution in [3.8, 4) is 0 Å². The fourth-order valence-corrected chi connectivity index (χ4v) is 1.27. The zero-order valence-corrected chi connectivity index (χ0v) is 11.7. The molecule has 0 rings (SSSR count). The summed E-state index contributed by atoms with van der Waals surface area (Å²) in [4.78, 5) is 23.2. The highest BCUT2D eigenvalue weighted by molar-refractivity contribution is 5.85. The maximum atomic E-state index is 11.9. The van der Waals surface area contributed by atoms with Crippen LogP contribution >= 0.6 is 0 Å². The average molecular weight is 243 g/mol.